The summed E-state index contributed by atoms with van der Waals surface area (Å²) in [6, 6.07) is 5.96. The Labute approximate surface area is 113 Å². The van der Waals surface area contributed by atoms with Gasteiger partial charge in [-0.1, -0.05) is 5.16 Å². The Morgan fingerprint density at radius 1 is 1.35 bits per heavy atom. The van der Waals surface area contributed by atoms with Crippen LogP contribution < -0.4 is 5.32 Å². The number of morpholine rings is 1. The van der Waals surface area contributed by atoms with Crippen molar-refractivity contribution >= 4 is 5.69 Å². The monoisotopic (exact) mass is 276 g/mol. The first kappa shape index (κ1) is 12.7. The average Bonchev–Trinajstić information content (AvgIpc) is 2.98. The van der Waals surface area contributed by atoms with Gasteiger partial charge in [0.1, 0.15) is 6.10 Å². The van der Waals surface area contributed by atoms with Gasteiger partial charge in [-0.3, -0.25) is 10.1 Å². The molecule has 0 aliphatic carbocycles. The van der Waals surface area contributed by atoms with Crippen molar-refractivity contribution in [3.63, 3.8) is 0 Å². The number of hydrogen-bond donors (Lipinski definition) is 1. The van der Waals surface area contributed by atoms with Crippen LogP contribution in [-0.2, 0) is 4.74 Å². The number of benzene rings is 1. The van der Waals surface area contributed by atoms with E-state index < -0.39 is 4.92 Å². The maximum absolute atomic E-state index is 10.6. The predicted molar refractivity (Wildman–Crippen MR) is 68.0 cm³/mol. The Balaban J connectivity index is 1.80. The summed E-state index contributed by atoms with van der Waals surface area (Å²) in [5.74, 6) is 0.801. The zero-order valence-electron chi connectivity index (χ0n) is 10.5. The molecule has 3 rings (SSSR count). The molecule has 8 heteroatoms. The SMILES string of the molecule is O=[N+]([O-])c1ccc(-c2nc(C3CNCCO3)no2)cc1. The molecular weight excluding hydrogens is 264 g/mol. The molecule has 0 spiro atoms. The summed E-state index contributed by atoms with van der Waals surface area (Å²) in [4.78, 5) is 14.4. The number of nitrogens with zero attached hydrogens (tertiary/aromatic N) is 3. The number of rotatable bonds is 3. The molecule has 2 aromatic rings. The van der Waals surface area contributed by atoms with Crippen molar-refractivity contribution in [1.82, 2.24) is 15.5 Å². The summed E-state index contributed by atoms with van der Waals surface area (Å²) in [5.41, 5.74) is 0.659. The van der Waals surface area contributed by atoms with Crippen LogP contribution in [0.4, 0.5) is 5.69 Å². The van der Waals surface area contributed by atoms with Gasteiger partial charge in [0.25, 0.3) is 11.6 Å². The molecule has 0 saturated carbocycles. The number of non-ortho nitro benzene ring substituents is 1. The third-order valence-corrected chi connectivity index (χ3v) is 2.98. The quantitative estimate of drug-likeness (QED) is 0.665. The van der Waals surface area contributed by atoms with E-state index in [1.807, 2.05) is 0 Å². The maximum Gasteiger partial charge on any atom is 0.269 e. The van der Waals surface area contributed by atoms with Crippen molar-refractivity contribution in [3.8, 4) is 11.5 Å². The third kappa shape index (κ3) is 2.51. The zero-order chi connectivity index (χ0) is 13.9. The summed E-state index contributed by atoms with van der Waals surface area (Å²) >= 11 is 0. The van der Waals surface area contributed by atoms with Gasteiger partial charge in [-0.25, -0.2) is 0 Å². The van der Waals surface area contributed by atoms with Crippen LogP contribution in [-0.4, -0.2) is 34.8 Å². The number of hydrogen-bond acceptors (Lipinski definition) is 7. The second-order valence-corrected chi connectivity index (χ2v) is 4.33. The van der Waals surface area contributed by atoms with E-state index in [2.05, 4.69) is 15.5 Å². The molecule has 2 heterocycles. The van der Waals surface area contributed by atoms with E-state index >= 15 is 0 Å². The minimum atomic E-state index is -0.454. The van der Waals surface area contributed by atoms with Gasteiger partial charge in [-0.15, -0.1) is 0 Å². The molecule has 0 radical (unpaired) electrons. The molecule has 0 bridgehead atoms. The fourth-order valence-corrected chi connectivity index (χ4v) is 1.94. The molecule has 1 aromatic heterocycles. The molecule has 1 aliphatic rings. The Hall–Kier alpha value is -2.32. The van der Waals surface area contributed by atoms with E-state index in [9.17, 15) is 10.1 Å². The number of nitro groups is 1. The van der Waals surface area contributed by atoms with E-state index in [4.69, 9.17) is 9.26 Å². The minimum absolute atomic E-state index is 0.0216. The molecule has 1 saturated heterocycles. The molecule has 104 valence electrons. The largest absolute Gasteiger partial charge is 0.367 e. The van der Waals surface area contributed by atoms with Crippen molar-refractivity contribution in [2.24, 2.45) is 0 Å². The van der Waals surface area contributed by atoms with Gasteiger partial charge < -0.3 is 14.6 Å². The predicted octanol–water partition coefficient (Wildman–Crippen LogP) is 1.31. The van der Waals surface area contributed by atoms with Crippen molar-refractivity contribution in [1.29, 1.82) is 0 Å². The van der Waals surface area contributed by atoms with Gasteiger partial charge in [0.05, 0.1) is 11.5 Å². The highest BCUT2D eigenvalue weighted by molar-refractivity contribution is 5.55. The maximum atomic E-state index is 10.6. The summed E-state index contributed by atoms with van der Waals surface area (Å²) < 4.78 is 10.7. The molecule has 0 amide bonds. The second-order valence-electron chi connectivity index (χ2n) is 4.33. The minimum Gasteiger partial charge on any atom is -0.367 e. The van der Waals surface area contributed by atoms with Crippen LogP contribution >= 0.6 is 0 Å². The Bertz CT molecular complexity index is 604. The van der Waals surface area contributed by atoms with Gasteiger partial charge >= 0.3 is 0 Å². The molecule has 1 fully saturated rings. The van der Waals surface area contributed by atoms with Crippen LogP contribution in [0.25, 0.3) is 11.5 Å². The zero-order valence-corrected chi connectivity index (χ0v) is 10.5. The number of aromatic nitrogens is 2. The molecule has 1 N–H and O–H groups in total. The van der Waals surface area contributed by atoms with Crippen molar-refractivity contribution in [3.05, 3.63) is 40.2 Å². The van der Waals surface area contributed by atoms with E-state index in [0.717, 1.165) is 6.54 Å². The fourth-order valence-electron chi connectivity index (χ4n) is 1.94. The van der Waals surface area contributed by atoms with Gasteiger partial charge in [0, 0.05) is 30.8 Å². The summed E-state index contributed by atoms with van der Waals surface area (Å²) in [7, 11) is 0. The van der Waals surface area contributed by atoms with Crippen LogP contribution in [0.3, 0.4) is 0 Å². The van der Waals surface area contributed by atoms with Crippen LogP contribution in [0, 0.1) is 10.1 Å². The Morgan fingerprint density at radius 2 is 2.15 bits per heavy atom. The smallest absolute Gasteiger partial charge is 0.269 e. The topological polar surface area (TPSA) is 103 Å². The number of ether oxygens (including phenoxy) is 1. The first-order chi connectivity index (χ1) is 9.74. The van der Waals surface area contributed by atoms with E-state index in [0.29, 0.717) is 30.4 Å². The number of nitro benzene ring substituents is 1. The fraction of sp³-hybridized carbons (Fsp3) is 0.333. The highest BCUT2D eigenvalue weighted by Gasteiger charge is 2.22. The molecule has 1 unspecified atom stereocenters. The van der Waals surface area contributed by atoms with Crippen LogP contribution in [0.5, 0.6) is 0 Å². The van der Waals surface area contributed by atoms with Crippen molar-refractivity contribution in [2.45, 2.75) is 6.10 Å². The van der Waals surface area contributed by atoms with E-state index in [-0.39, 0.29) is 11.8 Å². The third-order valence-electron chi connectivity index (χ3n) is 2.98. The Morgan fingerprint density at radius 3 is 2.80 bits per heavy atom. The highest BCUT2D eigenvalue weighted by atomic mass is 16.6. The van der Waals surface area contributed by atoms with E-state index in [1.54, 1.807) is 12.1 Å². The first-order valence-electron chi connectivity index (χ1n) is 6.15. The highest BCUT2D eigenvalue weighted by Crippen LogP contribution is 2.23. The first-order valence-corrected chi connectivity index (χ1v) is 6.15. The van der Waals surface area contributed by atoms with Crippen LogP contribution in [0.1, 0.15) is 11.9 Å². The number of nitrogens with one attached hydrogen (secondary N) is 1. The van der Waals surface area contributed by atoms with E-state index in [1.165, 1.54) is 12.1 Å². The lowest BCUT2D eigenvalue weighted by atomic mass is 10.2. The molecule has 20 heavy (non-hydrogen) atoms. The molecule has 8 nitrogen and oxygen atoms in total. The van der Waals surface area contributed by atoms with Crippen LogP contribution in [0.15, 0.2) is 28.8 Å². The van der Waals surface area contributed by atoms with Gasteiger partial charge in [-0.2, -0.15) is 4.98 Å². The molecule has 1 aliphatic heterocycles. The molecule has 1 atom stereocenters. The lowest BCUT2D eigenvalue weighted by molar-refractivity contribution is -0.384. The van der Waals surface area contributed by atoms with Gasteiger partial charge in [-0.05, 0) is 12.1 Å². The second kappa shape index (κ2) is 5.35. The summed E-state index contributed by atoms with van der Waals surface area (Å²) in [6.45, 7) is 2.05. The van der Waals surface area contributed by atoms with Crippen LogP contribution in [0.2, 0.25) is 0 Å². The average molecular weight is 276 g/mol. The standard InChI is InChI=1S/C12H12N4O4/c17-16(18)9-3-1-8(2-4-9)12-14-11(15-20-12)10-7-13-5-6-19-10/h1-4,10,13H,5-7H2. The normalized spacial score (nSPS) is 18.9. The van der Waals surface area contributed by atoms with Crippen molar-refractivity contribution in [2.75, 3.05) is 19.7 Å². The summed E-state index contributed by atoms with van der Waals surface area (Å²) in [5, 5.41) is 17.7. The van der Waals surface area contributed by atoms with Crippen molar-refractivity contribution < 1.29 is 14.2 Å². The molecular formula is C12H12N4O4. The summed E-state index contributed by atoms with van der Waals surface area (Å²) in [6.07, 6.45) is -0.223. The molecule has 1 aromatic carbocycles. The lowest BCUT2D eigenvalue weighted by Crippen LogP contribution is -2.33. The van der Waals surface area contributed by atoms with Gasteiger partial charge in [0.15, 0.2) is 0 Å². The lowest BCUT2D eigenvalue weighted by Gasteiger charge is -2.20. The Kier molecular flexibility index (Phi) is 3.40. The van der Waals surface area contributed by atoms with Gasteiger partial charge in [0.2, 0.25) is 5.82 Å².